The number of nitroso groups, excluding NO2 is 1. The first-order valence-electron chi connectivity index (χ1n) is 7.60. The molecule has 1 amide bonds. The predicted octanol–water partition coefficient (Wildman–Crippen LogP) is 3.24. The summed E-state index contributed by atoms with van der Waals surface area (Å²) in [4.78, 5) is 37.2. The maximum Gasteiger partial charge on any atom is 0.346 e. The number of hydrogen-bond donors (Lipinski definition) is 0. The Kier molecular flexibility index (Phi) is 3.32. The summed E-state index contributed by atoms with van der Waals surface area (Å²) in [6.07, 6.45) is 0. The summed E-state index contributed by atoms with van der Waals surface area (Å²) < 4.78 is 5.38. The summed E-state index contributed by atoms with van der Waals surface area (Å²) in [5.41, 5.74) is 2.62. The molecule has 0 saturated carbocycles. The zero-order valence-electron chi connectivity index (χ0n) is 13.2. The van der Waals surface area contributed by atoms with E-state index in [0.29, 0.717) is 11.3 Å². The molecule has 6 nitrogen and oxygen atoms in total. The van der Waals surface area contributed by atoms with E-state index < -0.39 is 5.97 Å². The van der Waals surface area contributed by atoms with Crippen molar-refractivity contribution in [2.75, 3.05) is 7.05 Å². The number of hydrogen-bond acceptors (Lipinski definition) is 5. The number of carbonyl (C=O) groups is 2. The molecule has 0 spiro atoms. The Labute approximate surface area is 143 Å². The molecule has 0 aromatic heterocycles. The van der Waals surface area contributed by atoms with Gasteiger partial charge in [0.15, 0.2) is 5.76 Å². The van der Waals surface area contributed by atoms with E-state index >= 15 is 0 Å². The lowest BCUT2D eigenvalue weighted by molar-refractivity contribution is -0.131. The van der Waals surface area contributed by atoms with Crippen LogP contribution < -0.4 is 0 Å². The second-order valence-corrected chi connectivity index (χ2v) is 5.69. The van der Waals surface area contributed by atoms with Crippen molar-refractivity contribution in [3.63, 3.8) is 0 Å². The van der Waals surface area contributed by atoms with E-state index in [1.54, 1.807) is 19.2 Å². The highest BCUT2D eigenvalue weighted by Gasteiger charge is 2.45. The number of ether oxygens (including phenoxy) is 1. The van der Waals surface area contributed by atoms with Gasteiger partial charge in [-0.2, -0.15) is 0 Å². The van der Waals surface area contributed by atoms with Crippen LogP contribution in [0.5, 0.6) is 0 Å². The van der Waals surface area contributed by atoms with Crippen molar-refractivity contribution in [2.24, 2.45) is 5.18 Å². The Bertz CT molecular complexity index is 972. The highest BCUT2D eigenvalue weighted by Crippen LogP contribution is 2.44. The van der Waals surface area contributed by atoms with Gasteiger partial charge < -0.3 is 9.64 Å². The number of rotatable bonds is 3. The molecule has 0 N–H and O–H groups in total. The minimum Gasteiger partial charge on any atom is -0.421 e. The number of carbonyl (C=O) groups excluding carboxylic acids is 2. The van der Waals surface area contributed by atoms with Crippen molar-refractivity contribution in [3.05, 3.63) is 81.8 Å². The third kappa shape index (κ3) is 2.19. The monoisotopic (exact) mass is 332 g/mol. The molecule has 0 radical (unpaired) electrons. The molecule has 0 fully saturated rings. The van der Waals surface area contributed by atoms with Crippen LogP contribution >= 0.6 is 0 Å². The maximum absolute atomic E-state index is 12.7. The lowest BCUT2D eigenvalue weighted by atomic mass is 10.0. The molecular weight excluding hydrogens is 320 g/mol. The first-order valence-corrected chi connectivity index (χ1v) is 7.60. The van der Waals surface area contributed by atoms with E-state index in [1.807, 2.05) is 30.3 Å². The molecule has 0 saturated heterocycles. The van der Waals surface area contributed by atoms with Gasteiger partial charge in [0.2, 0.25) is 0 Å². The Hall–Kier alpha value is -3.54. The van der Waals surface area contributed by atoms with E-state index in [1.165, 1.54) is 17.0 Å². The van der Waals surface area contributed by atoms with Crippen LogP contribution in [0, 0.1) is 4.91 Å². The average Bonchev–Trinajstić information content (AvgIpc) is 3.12. The van der Waals surface area contributed by atoms with E-state index in [-0.39, 0.29) is 28.5 Å². The van der Waals surface area contributed by atoms with Gasteiger partial charge >= 0.3 is 5.97 Å². The van der Waals surface area contributed by atoms with Gasteiger partial charge in [0, 0.05) is 12.6 Å². The van der Waals surface area contributed by atoms with Gasteiger partial charge in [-0.15, -0.1) is 4.91 Å². The van der Waals surface area contributed by atoms with Crippen LogP contribution in [0.25, 0.3) is 11.5 Å². The van der Waals surface area contributed by atoms with E-state index in [2.05, 4.69) is 5.18 Å². The van der Waals surface area contributed by atoms with Crippen LogP contribution in [0.15, 0.2) is 70.9 Å². The minimum atomic E-state index is -0.556. The molecule has 2 heterocycles. The molecule has 25 heavy (non-hydrogen) atoms. The van der Waals surface area contributed by atoms with E-state index in [4.69, 9.17) is 4.74 Å². The molecule has 4 rings (SSSR count). The summed E-state index contributed by atoms with van der Waals surface area (Å²) in [7, 11) is 1.63. The van der Waals surface area contributed by atoms with Gasteiger partial charge in [-0.25, -0.2) is 4.79 Å². The zero-order chi connectivity index (χ0) is 17.6. The largest absolute Gasteiger partial charge is 0.421 e. The first-order chi connectivity index (χ1) is 12.1. The fraction of sp³-hybridized carbons (Fsp3) is 0.0526. The summed E-state index contributed by atoms with van der Waals surface area (Å²) in [6, 6.07) is 15.4. The van der Waals surface area contributed by atoms with Gasteiger partial charge in [0.05, 0.1) is 11.3 Å². The molecule has 2 aliphatic heterocycles. The predicted molar refractivity (Wildman–Crippen MR) is 91.0 cm³/mol. The number of nitrogens with zero attached hydrogens (tertiary/aromatic N) is 2. The van der Waals surface area contributed by atoms with Gasteiger partial charge in [-0.3, -0.25) is 4.79 Å². The summed E-state index contributed by atoms with van der Waals surface area (Å²) >= 11 is 0. The van der Waals surface area contributed by atoms with Crippen LogP contribution in [0.4, 0.5) is 5.69 Å². The highest BCUT2D eigenvalue weighted by molar-refractivity contribution is 6.27. The Morgan fingerprint density at radius 1 is 0.880 bits per heavy atom. The SMILES string of the molecule is CN1C(=O)C2=C(c3ccc(N=O)cc3)OC(=O)C2=C1c1ccccc1. The normalized spacial score (nSPS) is 16.4. The quantitative estimate of drug-likeness (QED) is 0.639. The van der Waals surface area contributed by atoms with Gasteiger partial charge in [-0.1, -0.05) is 30.3 Å². The second-order valence-electron chi connectivity index (χ2n) is 5.69. The third-order valence-electron chi connectivity index (χ3n) is 4.25. The number of cyclic esters (lactones) is 1. The van der Waals surface area contributed by atoms with Crippen LogP contribution in [0.1, 0.15) is 11.1 Å². The molecule has 6 heteroatoms. The summed E-state index contributed by atoms with van der Waals surface area (Å²) in [5, 5.41) is 2.84. The summed E-state index contributed by atoms with van der Waals surface area (Å²) in [5.74, 6) is -0.647. The van der Waals surface area contributed by atoms with Gasteiger partial charge in [0.25, 0.3) is 5.91 Å². The van der Waals surface area contributed by atoms with Crippen molar-refractivity contribution >= 4 is 29.0 Å². The van der Waals surface area contributed by atoms with Crippen molar-refractivity contribution in [1.82, 2.24) is 4.90 Å². The van der Waals surface area contributed by atoms with Crippen molar-refractivity contribution in [1.29, 1.82) is 0 Å². The number of likely N-dealkylation sites (N-methyl/N-ethyl adjacent to an activating group) is 1. The van der Waals surface area contributed by atoms with E-state index in [0.717, 1.165) is 5.56 Å². The molecule has 2 aliphatic rings. The lowest BCUT2D eigenvalue weighted by Crippen LogP contribution is -2.21. The van der Waals surface area contributed by atoms with Crippen LogP contribution in [0.3, 0.4) is 0 Å². The van der Waals surface area contributed by atoms with Crippen molar-refractivity contribution < 1.29 is 14.3 Å². The average molecular weight is 332 g/mol. The number of benzene rings is 2. The minimum absolute atomic E-state index is 0.209. The highest BCUT2D eigenvalue weighted by atomic mass is 16.5. The number of fused-ring (bicyclic) bond motifs is 1. The summed E-state index contributed by atoms with van der Waals surface area (Å²) in [6.45, 7) is 0. The molecule has 0 aliphatic carbocycles. The van der Waals surface area contributed by atoms with Gasteiger partial charge in [0.1, 0.15) is 11.3 Å². The van der Waals surface area contributed by atoms with Crippen molar-refractivity contribution in [3.8, 4) is 0 Å². The molecule has 0 unspecified atom stereocenters. The fourth-order valence-corrected chi connectivity index (χ4v) is 3.08. The Morgan fingerprint density at radius 2 is 1.56 bits per heavy atom. The Balaban J connectivity index is 1.92. The number of amides is 1. The van der Waals surface area contributed by atoms with Crippen LogP contribution in [-0.4, -0.2) is 23.8 Å². The van der Waals surface area contributed by atoms with Crippen molar-refractivity contribution in [2.45, 2.75) is 0 Å². The maximum atomic E-state index is 12.7. The molecular formula is C19H12N2O4. The molecule has 0 atom stereocenters. The molecule has 122 valence electrons. The Morgan fingerprint density at radius 3 is 2.20 bits per heavy atom. The molecule has 2 aromatic carbocycles. The smallest absolute Gasteiger partial charge is 0.346 e. The first kappa shape index (κ1) is 15.0. The third-order valence-corrected chi connectivity index (χ3v) is 4.25. The van der Waals surface area contributed by atoms with Crippen LogP contribution in [-0.2, 0) is 14.3 Å². The molecule has 0 bridgehead atoms. The van der Waals surface area contributed by atoms with E-state index in [9.17, 15) is 14.5 Å². The lowest BCUT2D eigenvalue weighted by Gasteiger charge is -2.15. The second kappa shape index (κ2) is 5.52. The fourth-order valence-electron chi connectivity index (χ4n) is 3.08. The topological polar surface area (TPSA) is 76.0 Å². The molecule has 2 aromatic rings. The zero-order valence-corrected chi connectivity index (χ0v) is 13.2. The standard InChI is InChI=1S/C19H12N2O4/c1-21-16(11-5-3-2-4-6-11)14-15(18(21)22)17(25-19(14)23)12-7-9-13(20-24)10-8-12/h2-10H,1H3. The number of esters is 1. The van der Waals surface area contributed by atoms with Crippen LogP contribution in [0.2, 0.25) is 0 Å². The van der Waals surface area contributed by atoms with Gasteiger partial charge in [-0.05, 0) is 35.0 Å².